The zero-order chi connectivity index (χ0) is 13.1. The van der Waals surface area contributed by atoms with Crippen LogP contribution in [0.5, 0.6) is 0 Å². The van der Waals surface area contributed by atoms with Crippen molar-refractivity contribution in [3.05, 3.63) is 0 Å². The molecule has 0 aromatic rings. The van der Waals surface area contributed by atoms with Crippen molar-refractivity contribution in [2.75, 3.05) is 31.7 Å². The van der Waals surface area contributed by atoms with Crippen molar-refractivity contribution >= 4 is 11.8 Å². The van der Waals surface area contributed by atoms with E-state index in [4.69, 9.17) is 4.74 Å². The molecule has 2 aliphatic heterocycles. The van der Waals surface area contributed by atoms with Gasteiger partial charge >= 0.3 is 0 Å². The monoisotopic (exact) mass is 271 g/mol. The lowest BCUT2D eigenvalue weighted by atomic mass is 9.67. The molecule has 2 saturated heterocycles. The van der Waals surface area contributed by atoms with Crippen LogP contribution in [0.25, 0.3) is 0 Å². The summed E-state index contributed by atoms with van der Waals surface area (Å²) in [4.78, 5) is 0. The minimum Gasteiger partial charge on any atom is -0.375 e. The molecule has 0 aromatic heterocycles. The summed E-state index contributed by atoms with van der Waals surface area (Å²) in [6.45, 7) is 7.02. The smallest absolute Gasteiger partial charge is 0.0701 e. The molecule has 3 heteroatoms. The molecule has 1 N–H and O–H groups in total. The Bertz CT molecular complexity index is 256. The van der Waals surface area contributed by atoms with Gasteiger partial charge in [0.25, 0.3) is 0 Å². The van der Waals surface area contributed by atoms with E-state index in [9.17, 15) is 0 Å². The minimum atomic E-state index is 0.241. The van der Waals surface area contributed by atoms with Gasteiger partial charge in [-0.25, -0.2) is 0 Å². The SMILES string of the molecule is CNCCC(C)(C)C1CCOC2(CCSCC2)C1. The van der Waals surface area contributed by atoms with Gasteiger partial charge < -0.3 is 10.1 Å². The van der Waals surface area contributed by atoms with E-state index in [0.717, 1.165) is 19.1 Å². The summed E-state index contributed by atoms with van der Waals surface area (Å²) >= 11 is 2.10. The van der Waals surface area contributed by atoms with Crippen LogP contribution in [-0.4, -0.2) is 37.3 Å². The maximum Gasteiger partial charge on any atom is 0.0701 e. The zero-order valence-electron chi connectivity index (χ0n) is 12.3. The summed E-state index contributed by atoms with van der Waals surface area (Å²) < 4.78 is 6.21. The Kier molecular flexibility index (Phi) is 5.01. The van der Waals surface area contributed by atoms with Crippen molar-refractivity contribution in [2.24, 2.45) is 11.3 Å². The molecule has 0 radical (unpaired) electrons. The second-order valence-electron chi connectivity index (χ2n) is 6.68. The lowest BCUT2D eigenvalue weighted by Gasteiger charge is -2.48. The van der Waals surface area contributed by atoms with Crippen LogP contribution in [0, 0.1) is 11.3 Å². The normalized spacial score (nSPS) is 28.5. The molecule has 2 nitrogen and oxygen atoms in total. The van der Waals surface area contributed by atoms with E-state index < -0.39 is 0 Å². The highest BCUT2D eigenvalue weighted by atomic mass is 32.2. The van der Waals surface area contributed by atoms with E-state index in [1.807, 2.05) is 0 Å². The average molecular weight is 271 g/mol. The van der Waals surface area contributed by atoms with Crippen LogP contribution in [0.3, 0.4) is 0 Å². The number of ether oxygens (including phenoxy) is 1. The maximum atomic E-state index is 6.21. The summed E-state index contributed by atoms with van der Waals surface area (Å²) in [7, 11) is 2.06. The third-order valence-corrected chi connectivity index (χ3v) is 6.01. The second-order valence-corrected chi connectivity index (χ2v) is 7.90. The maximum absolute atomic E-state index is 6.21. The molecule has 18 heavy (non-hydrogen) atoms. The van der Waals surface area contributed by atoms with Gasteiger partial charge in [-0.05, 0) is 68.5 Å². The highest BCUT2D eigenvalue weighted by Gasteiger charge is 2.43. The Balaban J connectivity index is 1.96. The van der Waals surface area contributed by atoms with E-state index in [-0.39, 0.29) is 5.60 Å². The fourth-order valence-corrected chi connectivity index (χ4v) is 4.67. The zero-order valence-corrected chi connectivity index (χ0v) is 13.1. The molecule has 1 spiro atoms. The first kappa shape index (κ1) is 14.7. The van der Waals surface area contributed by atoms with Crippen LogP contribution in [0.15, 0.2) is 0 Å². The van der Waals surface area contributed by atoms with Gasteiger partial charge in [0.15, 0.2) is 0 Å². The van der Waals surface area contributed by atoms with Crippen LogP contribution in [0.1, 0.15) is 46.0 Å². The van der Waals surface area contributed by atoms with Crippen LogP contribution in [0.2, 0.25) is 0 Å². The first-order chi connectivity index (χ1) is 8.58. The third kappa shape index (κ3) is 3.43. The van der Waals surface area contributed by atoms with E-state index in [1.165, 1.54) is 43.6 Å². The molecule has 106 valence electrons. The Morgan fingerprint density at radius 3 is 2.72 bits per heavy atom. The molecule has 2 heterocycles. The van der Waals surface area contributed by atoms with E-state index in [2.05, 4.69) is 38.0 Å². The third-order valence-electron chi connectivity index (χ3n) is 5.02. The summed E-state index contributed by atoms with van der Waals surface area (Å²) in [5, 5.41) is 3.30. The standard InChI is InChI=1S/C15H29NOS/c1-14(2,5-8-16-3)13-4-9-17-15(12-13)6-10-18-11-7-15/h13,16H,4-12H2,1-3H3. The van der Waals surface area contributed by atoms with Crippen LogP contribution >= 0.6 is 11.8 Å². The molecule has 2 fully saturated rings. The van der Waals surface area contributed by atoms with Gasteiger partial charge in [-0.15, -0.1) is 0 Å². The van der Waals surface area contributed by atoms with Gasteiger partial charge in [0, 0.05) is 6.61 Å². The van der Waals surface area contributed by atoms with Gasteiger partial charge in [-0.3, -0.25) is 0 Å². The molecule has 2 aliphatic rings. The molecule has 0 amide bonds. The van der Waals surface area contributed by atoms with Gasteiger partial charge in [-0.2, -0.15) is 11.8 Å². The van der Waals surface area contributed by atoms with Crippen LogP contribution in [-0.2, 0) is 4.74 Å². The Labute approximate surface area is 117 Å². The quantitative estimate of drug-likeness (QED) is 0.847. The first-order valence-corrected chi connectivity index (χ1v) is 8.60. The van der Waals surface area contributed by atoms with Gasteiger partial charge in [-0.1, -0.05) is 13.8 Å². The van der Waals surface area contributed by atoms with Crippen molar-refractivity contribution in [2.45, 2.75) is 51.6 Å². The predicted molar refractivity (Wildman–Crippen MR) is 80.3 cm³/mol. The number of nitrogens with one attached hydrogen (secondary N) is 1. The van der Waals surface area contributed by atoms with Crippen molar-refractivity contribution in [3.8, 4) is 0 Å². The molecule has 0 aliphatic carbocycles. The molecule has 2 rings (SSSR count). The van der Waals surface area contributed by atoms with Crippen LogP contribution in [0.4, 0.5) is 0 Å². The topological polar surface area (TPSA) is 21.3 Å². The van der Waals surface area contributed by atoms with Crippen molar-refractivity contribution in [1.82, 2.24) is 5.32 Å². The second kappa shape index (κ2) is 6.15. The molecular weight excluding hydrogens is 242 g/mol. The molecule has 0 bridgehead atoms. The number of thioether (sulfide) groups is 1. The molecule has 1 atom stereocenters. The average Bonchev–Trinajstić information content (AvgIpc) is 2.37. The first-order valence-electron chi connectivity index (χ1n) is 7.44. The molecule has 0 saturated carbocycles. The summed E-state index contributed by atoms with van der Waals surface area (Å²) in [5.74, 6) is 3.43. The van der Waals surface area contributed by atoms with Gasteiger partial charge in [0.05, 0.1) is 5.60 Å². The lowest BCUT2D eigenvalue weighted by Crippen LogP contribution is -2.46. The fraction of sp³-hybridized carbons (Fsp3) is 1.00. The highest BCUT2D eigenvalue weighted by molar-refractivity contribution is 7.99. The summed E-state index contributed by atoms with van der Waals surface area (Å²) in [5.41, 5.74) is 0.690. The van der Waals surface area contributed by atoms with Gasteiger partial charge in [0.1, 0.15) is 0 Å². The highest BCUT2D eigenvalue weighted by Crippen LogP contribution is 2.46. The van der Waals surface area contributed by atoms with E-state index >= 15 is 0 Å². The largest absolute Gasteiger partial charge is 0.375 e. The van der Waals surface area contributed by atoms with Crippen LogP contribution < -0.4 is 5.32 Å². The Morgan fingerprint density at radius 1 is 1.33 bits per heavy atom. The molecular formula is C15H29NOS. The molecule has 1 unspecified atom stereocenters. The Hall–Kier alpha value is 0.270. The molecule has 0 aromatic carbocycles. The van der Waals surface area contributed by atoms with Crippen molar-refractivity contribution < 1.29 is 4.74 Å². The lowest BCUT2D eigenvalue weighted by molar-refractivity contribution is -0.121. The number of rotatable bonds is 4. The van der Waals surface area contributed by atoms with Gasteiger partial charge in [0.2, 0.25) is 0 Å². The Morgan fingerprint density at radius 2 is 2.06 bits per heavy atom. The van der Waals surface area contributed by atoms with E-state index in [1.54, 1.807) is 0 Å². The fourth-order valence-electron chi connectivity index (χ4n) is 3.44. The van der Waals surface area contributed by atoms with E-state index in [0.29, 0.717) is 5.41 Å². The number of hydrogen-bond acceptors (Lipinski definition) is 3. The summed E-state index contributed by atoms with van der Waals surface area (Å²) in [6, 6.07) is 0. The minimum absolute atomic E-state index is 0.241. The predicted octanol–water partition coefficient (Wildman–Crippen LogP) is 3.31. The van der Waals surface area contributed by atoms with Crippen molar-refractivity contribution in [1.29, 1.82) is 0 Å². The summed E-state index contributed by atoms with van der Waals surface area (Å²) in [6.07, 6.45) is 6.38. The van der Waals surface area contributed by atoms with Crippen molar-refractivity contribution in [3.63, 3.8) is 0 Å². The number of hydrogen-bond donors (Lipinski definition) is 1.